The van der Waals surface area contributed by atoms with E-state index in [1.807, 2.05) is 6.92 Å². The zero-order chi connectivity index (χ0) is 14.8. The molecule has 1 heterocycles. The summed E-state index contributed by atoms with van der Waals surface area (Å²) < 4.78 is 23.5. The monoisotopic (exact) mass is 374 g/mol. The molecule has 0 amide bonds. The highest BCUT2D eigenvalue weighted by molar-refractivity contribution is 9.11. The van der Waals surface area contributed by atoms with Gasteiger partial charge in [-0.3, -0.25) is 0 Å². The number of hydrogen-bond acceptors (Lipinski definition) is 4. The number of benzene rings is 1. The van der Waals surface area contributed by atoms with E-state index in [0.29, 0.717) is 0 Å². The van der Waals surface area contributed by atoms with Crippen molar-refractivity contribution in [3.05, 3.63) is 50.6 Å². The molecule has 0 saturated heterocycles. The van der Waals surface area contributed by atoms with Gasteiger partial charge in [-0.25, -0.2) is 13.6 Å². The van der Waals surface area contributed by atoms with E-state index in [1.54, 1.807) is 23.5 Å². The molecule has 108 valence electrons. The minimum Gasteiger partial charge on any atom is -0.306 e. The Morgan fingerprint density at radius 1 is 1.35 bits per heavy atom. The summed E-state index contributed by atoms with van der Waals surface area (Å²) in [7, 11) is -3.62. The fraction of sp³-hybridized carbons (Fsp3) is 0.231. The van der Waals surface area contributed by atoms with Gasteiger partial charge in [-0.15, -0.1) is 11.3 Å². The molecule has 20 heavy (non-hydrogen) atoms. The van der Waals surface area contributed by atoms with Gasteiger partial charge in [-0.1, -0.05) is 12.1 Å². The number of sulfonamides is 1. The minimum atomic E-state index is -3.62. The number of halogens is 1. The number of hydrogen-bond donors (Lipinski definition) is 2. The van der Waals surface area contributed by atoms with Crippen LogP contribution in [0.25, 0.3) is 0 Å². The fourth-order valence-electron chi connectivity index (χ4n) is 1.77. The van der Waals surface area contributed by atoms with Gasteiger partial charge in [-0.2, -0.15) is 0 Å². The van der Waals surface area contributed by atoms with Gasteiger partial charge in [0.1, 0.15) is 0 Å². The van der Waals surface area contributed by atoms with Gasteiger partial charge < -0.3 is 5.32 Å². The lowest BCUT2D eigenvalue weighted by Gasteiger charge is -2.14. The molecule has 0 aliphatic carbocycles. The van der Waals surface area contributed by atoms with Crippen LogP contribution in [0.3, 0.4) is 0 Å². The largest absolute Gasteiger partial charge is 0.306 e. The highest BCUT2D eigenvalue weighted by atomic mass is 79.9. The number of primary sulfonamides is 1. The van der Waals surface area contributed by atoms with Crippen molar-refractivity contribution < 1.29 is 8.42 Å². The molecule has 3 N–H and O–H groups in total. The van der Waals surface area contributed by atoms with Crippen LogP contribution in [0.4, 0.5) is 0 Å². The van der Waals surface area contributed by atoms with Crippen molar-refractivity contribution in [3.63, 3.8) is 0 Å². The second-order valence-electron chi connectivity index (χ2n) is 4.48. The molecule has 0 aliphatic rings. The summed E-state index contributed by atoms with van der Waals surface area (Å²) in [5, 5.41) is 10.6. The van der Waals surface area contributed by atoms with Crippen molar-refractivity contribution in [3.8, 4) is 0 Å². The van der Waals surface area contributed by atoms with Crippen molar-refractivity contribution in [2.75, 3.05) is 0 Å². The average molecular weight is 375 g/mol. The molecule has 1 unspecified atom stereocenters. The van der Waals surface area contributed by atoms with Gasteiger partial charge in [0.15, 0.2) is 0 Å². The molecule has 7 heteroatoms. The molecule has 1 aromatic carbocycles. The van der Waals surface area contributed by atoms with E-state index in [9.17, 15) is 8.42 Å². The maximum Gasteiger partial charge on any atom is 0.238 e. The Kier molecular flexibility index (Phi) is 4.98. The fourth-order valence-corrected chi connectivity index (χ4v) is 3.50. The Morgan fingerprint density at radius 2 is 2.00 bits per heavy atom. The van der Waals surface area contributed by atoms with E-state index in [4.69, 9.17) is 5.14 Å². The Labute approximate surface area is 131 Å². The minimum absolute atomic E-state index is 0.128. The van der Waals surface area contributed by atoms with Crippen LogP contribution in [0, 0.1) is 0 Å². The first-order chi connectivity index (χ1) is 9.36. The van der Waals surface area contributed by atoms with E-state index in [1.165, 1.54) is 17.7 Å². The third-order valence-electron chi connectivity index (χ3n) is 2.94. The first-order valence-electron chi connectivity index (χ1n) is 5.95. The van der Waals surface area contributed by atoms with Crippen molar-refractivity contribution >= 4 is 37.3 Å². The summed E-state index contributed by atoms with van der Waals surface area (Å²) in [6.07, 6.45) is 0. The zero-order valence-electron chi connectivity index (χ0n) is 10.8. The Bertz CT molecular complexity index is 681. The van der Waals surface area contributed by atoms with Crippen molar-refractivity contribution in [1.82, 2.24) is 5.32 Å². The summed E-state index contributed by atoms with van der Waals surface area (Å²) in [5.74, 6) is 0. The predicted molar refractivity (Wildman–Crippen MR) is 85.1 cm³/mol. The van der Waals surface area contributed by atoms with Gasteiger partial charge in [-0.05, 0) is 57.6 Å². The summed E-state index contributed by atoms with van der Waals surface area (Å²) in [6, 6.07) is 8.83. The lowest BCUT2D eigenvalue weighted by Crippen LogP contribution is -2.18. The smallest absolute Gasteiger partial charge is 0.238 e. The van der Waals surface area contributed by atoms with Crippen molar-refractivity contribution in [2.24, 2.45) is 5.14 Å². The predicted octanol–water partition coefficient (Wildman–Crippen LogP) is 3.01. The average Bonchev–Trinajstić information content (AvgIpc) is 2.81. The van der Waals surface area contributed by atoms with E-state index in [-0.39, 0.29) is 10.9 Å². The molecule has 2 aromatic rings. The van der Waals surface area contributed by atoms with Gasteiger partial charge in [0.25, 0.3) is 0 Å². The van der Waals surface area contributed by atoms with Gasteiger partial charge in [0.2, 0.25) is 10.0 Å². The molecule has 0 bridgehead atoms. The molecular formula is C13H15BrN2O2S2. The molecule has 0 aliphatic heterocycles. The van der Waals surface area contributed by atoms with Crippen LogP contribution in [-0.4, -0.2) is 8.42 Å². The van der Waals surface area contributed by atoms with Gasteiger partial charge in [0, 0.05) is 12.6 Å². The number of rotatable bonds is 5. The van der Waals surface area contributed by atoms with E-state index in [0.717, 1.165) is 15.9 Å². The lowest BCUT2D eigenvalue weighted by atomic mass is 10.1. The molecule has 0 radical (unpaired) electrons. The van der Waals surface area contributed by atoms with Crippen LogP contribution in [0.1, 0.15) is 24.1 Å². The number of thiophene rings is 1. The normalized spacial score (nSPS) is 13.3. The molecule has 2 rings (SSSR count). The van der Waals surface area contributed by atoms with E-state index in [2.05, 4.69) is 32.7 Å². The van der Waals surface area contributed by atoms with E-state index >= 15 is 0 Å². The Hall–Kier alpha value is -0.730. The van der Waals surface area contributed by atoms with E-state index < -0.39 is 10.0 Å². The quantitative estimate of drug-likeness (QED) is 0.844. The second-order valence-corrected chi connectivity index (χ2v) is 8.33. The Morgan fingerprint density at radius 3 is 2.50 bits per heavy atom. The maximum atomic E-state index is 11.2. The standard InChI is InChI=1S/C13H15BrN2O2S2/c1-9(16-7-10-6-13(14)19-8-10)11-2-4-12(5-3-11)20(15,17)18/h2-6,8-9,16H,7H2,1H3,(H2,15,17,18). The first kappa shape index (κ1) is 15.7. The summed E-state index contributed by atoms with van der Waals surface area (Å²) in [5.41, 5.74) is 2.24. The third kappa shape index (κ3) is 4.13. The molecule has 0 saturated carbocycles. The van der Waals surface area contributed by atoms with Crippen molar-refractivity contribution in [2.45, 2.75) is 24.4 Å². The van der Waals surface area contributed by atoms with Crippen LogP contribution in [0.5, 0.6) is 0 Å². The lowest BCUT2D eigenvalue weighted by molar-refractivity contribution is 0.574. The summed E-state index contributed by atoms with van der Waals surface area (Å²) in [4.78, 5) is 0.134. The molecule has 0 fully saturated rings. The number of nitrogens with one attached hydrogen (secondary N) is 1. The van der Waals surface area contributed by atoms with Crippen LogP contribution in [0.15, 0.2) is 44.4 Å². The Balaban J connectivity index is 2.00. The molecule has 4 nitrogen and oxygen atoms in total. The highest BCUT2D eigenvalue weighted by Gasteiger charge is 2.10. The summed E-state index contributed by atoms with van der Waals surface area (Å²) in [6.45, 7) is 2.80. The SMILES string of the molecule is CC(NCc1csc(Br)c1)c1ccc(S(N)(=O)=O)cc1. The molecule has 0 spiro atoms. The summed E-state index contributed by atoms with van der Waals surface area (Å²) >= 11 is 5.09. The maximum absolute atomic E-state index is 11.2. The third-order valence-corrected chi connectivity index (χ3v) is 5.43. The van der Waals surface area contributed by atoms with Crippen LogP contribution >= 0.6 is 27.3 Å². The topological polar surface area (TPSA) is 72.2 Å². The van der Waals surface area contributed by atoms with Gasteiger partial charge in [0.05, 0.1) is 8.68 Å². The van der Waals surface area contributed by atoms with Crippen LogP contribution in [0.2, 0.25) is 0 Å². The van der Waals surface area contributed by atoms with Crippen LogP contribution < -0.4 is 10.5 Å². The zero-order valence-corrected chi connectivity index (χ0v) is 14.1. The number of nitrogens with two attached hydrogens (primary N) is 1. The second kappa shape index (κ2) is 6.36. The highest BCUT2D eigenvalue weighted by Crippen LogP contribution is 2.21. The molecule has 1 aromatic heterocycles. The molecule has 1 atom stereocenters. The van der Waals surface area contributed by atoms with Gasteiger partial charge >= 0.3 is 0 Å². The first-order valence-corrected chi connectivity index (χ1v) is 9.17. The van der Waals surface area contributed by atoms with Crippen molar-refractivity contribution in [1.29, 1.82) is 0 Å². The van der Waals surface area contributed by atoms with Crippen LogP contribution in [-0.2, 0) is 16.6 Å². The molecular weight excluding hydrogens is 360 g/mol.